The Labute approximate surface area is 65.6 Å². The van der Waals surface area contributed by atoms with E-state index in [0.717, 1.165) is 15.5 Å². The van der Waals surface area contributed by atoms with Crippen LogP contribution in [-0.2, 0) is 0 Å². The number of hydrogen-bond acceptors (Lipinski definition) is 2. The second kappa shape index (κ2) is 2.05. The molecule has 0 aliphatic carbocycles. The molecule has 0 atom stereocenters. The van der Waals surface area contributed by atoms with Crippen LogP contribution in [0.3, 0.4) is 0 Å². The first-order valence-electron chi connectivity index (χ1n) is 2.78. The summed E-state index contributed by atoms with van der Waals surface area (Å²) in [6, 6.07) is 5.70. The Bertz CT molecular complexity index is 355. The molecule has 0 aliphatic rings. The van der Waals surface area contributed by atoms with Gasteiger partial charge in [0.25, 0.3) is 0 Å². The first kappa shape index (κ1) is 5.85. The van der Waals surface area contributed by atoms with Crippen molar-refractivity contribution in [3.05, 3.63) is 22.7 Å². The minimum absolute atomic E-state index is 0.822. The first-order chi connectivity index (χ1) is 4.88. The van der Waals surface area contributed by atoms with E-state index in [0.29, 0.717) is 0 Å². The maximum atomic E-state index is 3.81. The number of halogens is 1. The van der Waals surface area contributed by atoms with Crippen LogP contribution in [0.1, 0.15) is 0 Å². The van der Waals surface area contributed by atoms with Crippen LogP contribution in [0.4, 0.5) is 0 Å². The molecular weight excluding hydrogens is 194 g/mol. The second-order valence-corrected chi connectivity index (χ2v) is 2.75. The number of nitrogens with zero attached hydrogens (tertiary/aromatic N) is 3. The smallest absolute Gasteiger partial charge is 0.0809 e. The number of benzene rings is 1. The van der Waals surface area contributed by atoms with E-state index >= 15 is 0 Å². The molecule has 3 nitrogen and oxygen atoms in total. The van der Waals surface area contributed by atoms with Crippen molar-refractivity contribution < 1.29 is 0 Å². The zero-order valence-electron chi connectivity index (χ0n) is 4.95. The Morgan fingerprint density at radius 3 is 3.00 bits per heavy atom. The Morgan fingerprint density at radius 1 is 1.30 bits per heavy atom. The lowest BCUT2D eigenvalue weighted by molar-refractivity contribution is 0.928. The molecule has 0 unspecified atom stereocenters. The SMILES string of the molecule is Brc1cccc2n[n-]nc12. The molecule has 1 heterocycles. The third kappa shape index (κ3) is 0.724. The van der Waals surface area contributed by atoms with Gasteiger partial charge in [0, 0.05) is 4.47 Å². The monoisotopic (exact) mass is 196 g/mol. The van der Waals surface area contributed by atoms with Crippen molar-refractivity contribution in [3.63, 3.8) is 0 Å². The minimum Gasteiger partial charge on any atom is -0.492 e. The Balaban J connectivity index is 2.95. The predicted molar refractivity (Wildman–Crippen MR) is 40.6 cm³/mol. The molecular formula is C6H3BrN3-. The van der Waals surface area contributed by atoms with Crippen molar-refractivity contribution in [2.45, 2.75) is 0 Å². The van der Waals surface area contributed by atoms with Crippen molar-refractivity contribution in [2.24, 2.45) is 0 Å². The van der Waals surface area contributed by atoms with Gasteiger partial charge in [-0.3, -0.25) is 0 Å². The molecule has 0 saturated carbocycles. The normalized spacial score (nSPS) is 10.5. The summed E-state index contributed by atoms with van der Waals surface area (Å²) in [4.78, 5) is 0. The number of hydrogen-bond donors (Lipinski definition) is 0. The van der Waals surface area contributed by atoms with Gasteiger partial charge in [-0.2, -0.15) is 0 Å². The van der Waals surface area contributed by atoms with Crippen LogP contribution in [-0.4, -0.2) is 10.2 Å². The van der Waals surface area contributed by atoms with E-state index in [2.05, 4.69) is 31.3 Å². The molecule has 1 aromatic heterocycles. The average molecular weight is 197 g/mol. The van der Waals surface area contributed by atoms with Gasteiger partial charge < -0.3 is 15.4 Å². The van der Waals surface area contributed by atoms with E-state index < -0.39 is 0 Å². The quantitative estimate of drug-likeness (QED) is 0.639. The molecule has 4 heteroatoms. The molecule has 0 N–H and O–H groups in total. The summed E-state index contributed by atoms with van der Waals surface area (Å²) in [5, 5.41) is 11.1. The third-order valence-corrected chi connectivity index (χ3v) is 1.90. The molecule has 0 radical (unpaired) electrons. The van der Waals surface area contributed by atoms with Crippen molar-refractivity contribution >= 4 is 27.0 Å². The number of rotatable bonds is 0. The highest BCUT2D eigenvalue weighted by Gasteiger charge is 1.93. The largest absolute Gasteiger partial charge is 0.492 e. The maximum Gasteiger partial charge on any atom is 0.0809 e. The van der Waals surface area contributed by atoms with E-state index in [-0.39, 0.29) is 0 Å². The average Bonchev–Trinajstić information content (AvgIpc) is 2.36. The van der Waals surface area contributed by atoms with Crippen molar-refractivity contribution in [1.82, 2.24) is 15.4 Å². The fourth-order valence-electron chi connectivity index (χ4n) is 0.799. The molecule has 1 aromatic carbocycles. The highest BCUT2D eigenvalue weighted by atomic mass is 79.9. The lowest BCUT2D eigenvalue weighted by atomic mass is 10.3. The molecule has 0 amide bonds. The minimum atomic E-state index is 0.822. The van der Waals surface area contributed by atoms with Crippen LogP contribution in [0, 0.1) is 0 Å². The van der Waals surface area contributed by atoms with Gasteiger partial charge in [-0.15, -0.1) is 0 Å². The summed E-state index contributed by atoms with van der Waals surface area (Å²) in [5.41, 5.74) is 1.65. The molecule has 0 aliphatic heterocycles. The van der Waals surface area contributed by atoms with E-state index in [9.17, 15) is 0 Å². The molecule has 10 heavy (non-hydrogen) atoms. The highest BCUT2D eigenvalue weighted by molar-refractivity contribution is 9.10. The fraction of sp³-hybridized carbons (Fsp3) is 0. The number of fused-ring (bicyclic) bond motifs is 1. The van der Waals surface area contributed by atoms with Gasteiger partial charge in [0.1, 0.15) is 0 Å². The zero-order chi connectivity index (χ0) is 6.97. The standard InChI is InChI=1S/C6H3BrN3/c7-4-2-1-3-5-6(4)9-10-8-5/h1-3H/q-1. The summed E-state index contributed by atoms with van der Waals surface area (Å²) in [6.45, 7) is 0. The van der Waals surface area contributed by atoms with Crippen LogP contribution in [0.15, 0.2) is 22.7 Å². The molecule has 2 aromatic rings. The van der Waals surface area contributed by atoms with Gasteiger partial charge >= 0.3 is 0 Å². The molecule has 0 saturated heterocycles. The molecule has 0 bridgehead atoms. The predicted octanol–water partition coefficient (Wildman–Crippen LogP) is 1.35. The fourth-order valence-corrected chi connectivity index (χ4v) is 1.23. The molecule has 50 valence electrons. The topological polar surface area (TPSA) is 39.9 Å². The summed E-state index contributed by atoms with van der Waals surface area (Å²) in [7, 11) is 0. The summed E-state index contributed by atoms with van der Waals surface area (Å²) in [5.74, 6) is 0. The van der Waals surface area contributed by atoms with Crippen molar-refractivity contribution in [2.75, 3.05) is 0 Å². The third-order valence-electron chi connectivity index (χ3n) is 1.26. The van der Waals surface area contributed by atoms with E-state index in [4.69, 9.17) is 0 Å². The van der Waals surface area contributed by atoms with Gasteiger partial charge in [-0.25, -0.2) is 0 Å². The maximum absolute atomic E-state index is 3.81. The Morgan fingerprint density at radius 2 is 2.20 bits per heavy atom. The summed E-state index contributed by atoms with van der Waals surface area (Å²) < 4.78 is 0.940. The van der Waals surface area contributed by atoms with Crippen LogP contribution in [0.25, 0.3) is 11.0 Å². The van der Waals surface area contributed by atoms with Crippen LogP contribution < -0.4 is 5.21 Å². The van der Waals surface area contributed by atoms with Gasteiger partial charge in [-0.1, -0.05) is 6.07 Å². The number of aromatic nitrogens is 3. The van der Waals surface area contributed by atoms with E-state index in [1.807, 2.05) is 18.2 Å². The molecule has 0 spiro atoms. The summed E-state index contributed by atoms with van der Waals surface area (Å²) in [6.07, 6.45) is 0. The Hall–Kier alpha value is -0.900. The van der Waals surface area contributed by atoms with Crippen LogP contribution in [0.2, 0.25) is 0 Å². The first-order valence-corrected chi connectivity index (χ1v) is 3.57. The second-order valence-electron chi connectivity index (χ2n) is 1.90. The van der Waals surface area contributed by atoms with Gasteiger partial charge in [0.2, 0.25) is 0 Å². The zero-order valence-corrected chi connectivity index (χ0v) is 6.54. The lowest BCUT2D eigenvalue weighted by Gasteiger charge is -1.89. The highest BCUT2D eigenvalue weighted by Crippen LogP contribution is 2.18. The lowest BCUT2D eigenvalue weighted by Crippen LogP contribution is -1.71. The van der Waals surface area contributed by atoms with Crippen molar-refractivity contribution in [3.8, 4) is 0 Å². The molecule has 0 fully saturated rings. The van der Waals surface area contributed by atoms with Crippen molar-refractivity contribution in [1.29, 1.82) is 0 Å². The van der Waals surface area contributed by atoms with Gasteiger partial charge in [0.15, 0.2) is 0 Å². The Kier molecular flexibility index (Phi) is 1.20. The van der Waals surface area contributed by atoms with E-state index in [1.165, 1.54) is 0 Å². The summed E-state index contributed by atoms with van der Waals surface area (Å²) >= 11 is 3.33. The van der Waals surface area contributed by atoms with E-state index in [1.54, 1.807) is 0 Å². The van der Waals surface area contributed by atoms with Crippen LogP contribution >= 0.6 is 15.9 Å². The van der Waals surface area contributed by atoms with Gasteiger partial charge in [0.05, 0.1) is 11.0 Å². The van der Waals surface area contributed by atoms with Gasteiger partial charge in [-0.05, 0) is 28.1 Å². The van der Waals surface area contributed by atoms with Crippen LogP contribution in [0.5, 0.6) is 0 Å². The molecule has 2 rings (SSSR count).